The molecule has 20 heavy (non-hydrogen) atoms. The lowest BCUT2D eigenvalue weighted by Gasteiger charge is -2.19. The fraction of sp³-hybridized carbons (Fsp3) is 0.250. The third kappa shape index (κ3) is 3.13. The van der Waals surface area contributed by atoms with Gasteiger partial charge in [-0.2, -0.15) is 0 Å². The van der Waals surface area contributed by atoms with Crippen LogP contribution >= 0.6 is 0 Å². The SMILES string of the molecule is CC(C)(C)c1ccc(Oc2ccc(F)c(F)c2)c(F)c1. The molecule has 0 aliphatic rings. The topological polar surface area (TPSA) is 9.23 Å². The first-order valence-electron chi connectivity index (χ1n) is 6.20. The Morgan fingerprint density at radius 2 is 1.50 bits per heavy atom. The molecule has 0 radical (unpaired) electrons. The van der Waals surface area contributed by atoms with E-state index < -0.39 is 17.5 Å². The van der Waals surface area contributed by atoms with Crippen LogP contribution in [0, 0.1) is 17.5 Å². The van der Waals surface area contributed by atoms with Gasteiger partial charge in [0.1, 0.15) is 5.75 Å². The lowest BCUT2D eigenvalue weighted by atomic mass is 9.87. The Hall–Kier alpha value is -1.97. The van der Waals surface area contributed by atoms with E-state index in [9.17, 15) is 13.2 Å². The van der Waals surface area contributed by atoms with E-state index in [1.165, 1.54) is 18.2 Å². The van der Waals surface area contributed by atoms with Gasteiger partial charge in [-0.25, -0.2) is 13.2 Å². The molecular weight excluding hydrogens is 265 g/mol. The van der Waals surface area contributed by atoms with Crippen LogP contribution in [0.15, 0.2) is 36.4 Å². The molecular formula is C16H15F3O. The first-order valence-corrected chi connectivity index (χ1v) is 6.20. The predicted octanol–water partition coefficient (Wildman–Crippen LogP) is 5.19. The van der Waals surface area contributed by atoms with Gasteiger partial charge < -0.3 is 4.74 Å². The van der Waals surface area contributed by atoms with Crippen LogP contribution in [0.3, 0.4) is 0 Å². The van der Waals surface area contributed by atoms with Crippen molar-refractivity contribution in [1.29, 1.82) is 0 Å². The second-order valence-electron chi connectivity index (χ2n) is 5.57. The minimum atomic E-state index is -1.03. The van der Waals surface area contributed by atoms with Gasteiger partial charge in [0.05, 0.1) is 0 Å². The summed E-state index contributed by atoms with van der Waals surface area (Å²) in [4.78, 5) is 0. The highest BCUT2D eigenvalue weighted by Gasteiger charge is 2.16. The highest BCUT2D eigenvalue weighted by atomic mass is 19.2. The van der Waals surface area contributed by atoms with E-state index in [1.807, 2.05) is 20.8 Å². The molecule has 1 nitrogen and oxygen atoms in total. The fourth-order valence-corrected chi connectivity index (χ4v) is 1.72. The number of benzene rings is 2. The van der Waals surface area contributed by atoms with Crippen molar-refractivity contribution in [2.45, 2.75) is 26.2 Å². The molecule has 4 heteroatoms. The molecule has 0 amide bonds. The van der Waals surface area contributed by atoms with Gasteiger partial charge in [-0.3, -0.25) is 0 Å². The van der Waals surface area contributed by atoms with Crippen LogP contribution in [-0.4, -0.2) is 0 Å². The molecule has 106 valence electrons. The zero-order valence-corrected chi connectivity index (χ0v) is 11.5. The van der Waals surface area contributed by atoms with Gasteiger partial charge in [0.2, 0.25) is 0 Å². The van der Waals surface area contributed by atoms with Crippen molar-refractivity contribution < 1.29 is 17.9 Å². The quantitative estimate of drug-likeness (QED) is 0.735. The van der Waals surface area contributed by atoms with E-state index in [0.717, 1.165) is 17.7 Å². The van der Waals surface area contributed by atoms with Crippen molar-refractivity contribution in [2.24, 2.45) is 0 Å². The third-order valence-corrected chi connectivity index (χ3v) is 2.92. The van der Waals surface area contributed by atoms with E-state index in [4.69, 9.17) is 4.74 Å². The number of ether oxygens (including phenoxy) is 1. The van der Waals surface area contributed by atoms with Crippen LogP contribution in [0.5, 0.6) is 11.5 Å². The highest BCUT2D eigenvalue weighted by Crippen LogP contribution is 2.30. The van der Waals surface area contributed by atoms with Gasteiger partial charge >= 0.3 is 0 Å². The number of hydrogen-bond acceptors (Lipinski definition) is 1. The van der Waals surface area contributed by atoms with Crippen molar-refractivity contribution in [1.82, 2.24) is 0 Å². The maximum atomic E-state index is 14.0. The Morgan fingerprint density at radius 3 is 2.05 bits per heavy atom. The second kappa shape index (κ2) is 5.19. The van der Waals surface area contributed by atoms with Crippen LogP contribution in [-0.2, 0) is 5.41 Å². The molecule has 0 atom stereocenters. The molecule has 0 spiro atoms. The van der Waals surface area contributed by atoms with E-state index in [-0.39, 0.29) is 16.9 Å². The van der Waals surface area contributed by atoms with Crippen molar-refractivity contribution in [2.75, 3.05) is 0 Å². The normalized spacial score (nSPS) is 11.5. The summed E-state index contributed by atoms with van der Waals surface area (Å²) in [5.41, 5.74) is 0.647. The lowest BCUT2D eigenvalue weighted by molar-refractivity contribution is 0.430. The average Bonchev–Trinajstić information content (AvgIpc) is 2.35. The van der Waals surface area contributed by atoms with Crippen LogP contribution in [0.25, 0.3) is 0 Å². The zero-order valence-electron chi connectivity index (χ0n) is 11.5. The second-order valence-corrected chi connectivity index (χ2v) is 5.57. The first kappa shape index (κ1) is 14.4. The molecule has 0 fully saturated rings. The molecule has 0 aromatic heterocycles. The summed E-state index contributed by atoms with van der Waals surface area (Å²) >= 11 is 0. The van der Waals surface area contributed by atoms with E-state index in [2.05, 4.69) is 0 Å². The Bertz CT molecular complexity index is 630. The lowest BCUT2D eigenvalue weighted by Crippen LogP contribution is -2.11. The van der Waals surface area contributed by atoms with Gasteiger partial charge in [-0.1, -0.05) is 26.8 Å². The number of hydrogen-bond donors (Lipinski definition) is 0. The minimum Gasteiger partial charge on any atom is -0.454 e. The molecule has 0 aliphatic heterocycles. The third-order valence-electron chi connectivity index (χ3n) is 2.92. The molecule has 0 heterocycles. The van der Waals surface area contributed by atoms with Crippen molar-refractivity contribution in [3.8, 4) is 11.5 Å². The summed E-state index contributed by atoms with van der Waals surface area (Å²) in [6.07, 6.45) is 0. The molecule has 0 unspecified atom stereocenters. The largest absolute Gasteiger partial charge is 0.454 e. The molecule has 0 N–H and O–H groups in total. The Labute approximate surface area is 116 Å². The van der Waals surface area contributed by atoms with Crippen LogP contribution < -0.4 is 4.74 Å². The molecule has 2 aromatic carbocycles. The molecule has 0 aliphatic carbocycles. The van der Waals surface area contributed by atoms with E-state index in [0.29, 0.717) is 0 Å². The number of rotatable bonds is 2. The van der Waals surface area contributed by atoms with Crippen molar-refractivity contribution >= 4 is 0 Å². The fourth-order valence-electron chi connectivity index (χ4n) is 1.72. The van der Waals surface area contributed by atoms with Gasteiger partial charge in [-0.05, 0) is 35.2 Å². The summed E-state index contributed by atoms with van der Waals surface area (Å²) in [6, 6.07) is 7.68. The summed E-state index contributed by atoms with van der Waals surface area (Å²) in [7, 11) is 0. The van der Waals surface area contributed by atoms with Gasteiger partial charge in [0.15, 0.2) is 23.2 Å². The van der Waals surface area contributed by atoms with Crippen LogP contribution in [0.1, 0.15) is 26.3 Å². The summed E-state index contributed by atoms with van der Waals surface area (Å²) in [5.74, 6) is -2.52. The van der Waals surface area contributed by atoms with Gasteiger partial charge in [-0.15, -0.1) is 0 Å². The minimum absolute atomic E-state index is 0.0241. The molecule has 2 rings (SSSR count). The van der Waals surface area contributed by atoms with Crippen LogP contribution in [0.4, 0.5) is 13.2 Å². The Kier molecular flexibility index (Phi) is 3.75. The molecule has 2 aromatic rings. The van der Waals surface area contributed by atoms with Gasteiger partial charge in [0.25, 0.3) is 0 Å². The predicted molar refractivity (Wildman–Crippen MR) is 71.5 cm³/mol. The Balaban J connectivity index is 2.28. The molecule has 0 saturated carbocycles. The number of halogens is 3. The van der Waals surface area contributed by atoms with Gasteiger partial charge in [0, 0.05) is 6.07 Å². The highest BCUT2D eigenvalue weighted by molar-refractivity contribution is 5.36. The maximum Gasteiger partial charge on any atom is 0.166 e. The van der Waals surface area contributed by atoms with E-state index >= 15 is 0 Å². The first-order chi connectivity index (χ1) is 9.27. The average molecular weight is 280 g/mol. The summed E-state index contributed by atoms with van der Waals surface area (Å²) in [6.45, 7) is 5.91. The van der Waals surface area contributed by atoms with Crippen molar-refractivity contribution in [3.05, 3.63) is 59.4 Å². The molecule has 0 bridgehead atoms. The maximum absolute atomic E-state index is 14.0. The molecule has 0 saturated heterocycles. The smallest absolute Gasteiger partial charge is 0.166 e. The standard InChI is InChI=1S/C16H15F3O/c1-16(2,3)10-4-7-15(14(19)8-10)20-11-5-6-12(17)13(18)9-11/h4-9H,1-3H3. The van der Waals surface area contributed by atoms with Crippen molar-refractivity contribution in [3.63, 3.8) is 0 Å². The monoisotopic (exact) mass is 280 g/mol. The summed E-state index contributed by atoms with van der Waals surface area (Å²) in [5, 5.41) is 0. The zero-order chi connectivity index (χ0) is 14.9. The van der Waals surface area contributed by atoms with Crippen LogP contribution in [0.2, 0.25) is 0 Å². The van der Waals surface area contributed by atoms with E-state index in [1.54, 1.807) is 6.07 Å². The Morgan fingerprint density at radius 1 is 0.800 bits per heavy atom. The summed E-state index contributed by atoms with van der Waals surface area (Å²) < 4.78 is 45.0.